The minimum Gasteiger partial charge on any atom is -0.496 e. The first kappa shape index (κ1) is 29.2. The number of methoxy groups -OCH3 is 1. The van der Waals surface area contributed by atoms with Crippen LogP contribution in [0.5, 0.6) is 5.75 Å². The van der Waals surface area contributed by atoms with Crippen molar-refractivity contribution in [3.63, 3.8) is 0 Å². The van der Waals surface area contributed by atoms with E-state index < -0.39 is 6.43 Å². The molecule has 3 aromatic rings. The van der Waals surface area contributed by atoms with E-state index in [0.29, 0.717) is 17.1 Å². The van der Waals surface area contributed by atoms with Crippen molar-refractivity contribution in [3.05, 3.63) is 87.6 Å². The Labute approximate surface area is 237 Å². The second-order valence-corrected chi connectivity index (χ2v) is 11.8. The molecule has 9 heteroatoms. The zero-order valence-electron chi connectivity index (χ0n) is 23.2. The van der Waals surface area contributed by atoms with E-state index in [1.807, 2.05) is 6.07 Å². The van der Waals surface area contributed by atoms with E-state index in [2.05, 4.69) is 66.6 Å². The summed E-state index contributed by atoms with van der Waals surface area (Å²) in [6.45, 7) is 8.15. The number of aromatic nitrogens is 1. The van der Waals surface area contributed by atoms with E-state index in [9.17, 15) is 18.8 Å². The van der Waals surface area contributed by atoms with Gasteiger partial charge in [-0.25, -0.2) is 19.2 Å². The summed E-state index contributed by atoms with van der Waals surface area (Å²) in [6, 6.07) is 17.2. The number of carbonyl (C=O) groups excluding carboxylic acids is 1. The smallest absolute Gasteiger partial charge is 0.280 e. The number of nitriles is 1. The summed E-state index contributed by atoms with van der Waals surface area (Å²) >= 11 is 1.19. The first-order valence-electron chi connectivity index (χ1n) is 12.9. The highest BCUT2D eigenvalue weighted by Gasteiger charge is 2.44. The number of pyridine rings is 1. The molecule has 1 amide bonds. The number of nitrogens with one attached hydrogen (secondary N) is 1. The topological polar surface area (TPSA) is 87.4 Å². The van der Waals surface area contributed by atoms with Crippen LogP contribution < -0.4 is 10.2 Å². The van der Waals surface area contributed by atoms with Gasteiger partial charge in [-0.15, -0.1) is 11.8 Å². The van der Waals surface area contributed by atoms with Gasteiger partial charge in [-0.05, 0) is 71.2 Å². The summed E-state index contributed by atoms with van der Waals surface area (Å²) in [6.07, 6.45) is -0.373. The number of hydrogen-bond acceptors (Lipinski definition) is 6. The number of hydrazone groups is 1. The van der Waals surface area contributed by atoms with E-state index in [-0.39, 0.29) is 39.4 Å². The molecule has 0 radical (unpaired) electrons. The Bertz CT molecular complexity index is 1460. The molecule has 0 saturated heterocycles. The molecule has 1 saturated carbocycles. The number of benzene rings is 2. The van der Waals surface area contributed by atoms with E-state index in [1.54, 1.807) is 32.4 Å². The Balaban J connectivity index is 1.39. The van der Waals surface area contributed by atoms with Crippen molar-refractivity contribution < 1.29 is 18.3 Å². The SMILES string of the molecule is COc1ccc(C=NNC(=O)[C@H]2C[C@@H]2c2ccc(C(C)(C)C)cc2)cc1CSc1nc(C(F)F)cc(C)c1C#N. The van der Waals surface area contributed by atoms with Crippen LogP contribution in [0.1, 0.15) is 78.6 Å². The maximum Gasteiger partial charge on any atom is 0.280 e. The molecule has 1 aliphatic carbocycles. The maximum absolute atomic E-state index is 13.3. The number of amides is 1. The number of halogens is 2. The first-order chi connectivity index (χ1) is 19.0. The van der Waals surface area contributed by atoms with E-state index in [1.165, 1.54) is 23.4 Å². The summed E-state index contributed by atoms with van der Waals surface area (Å²) in [4.78, 5) is 16.7. The highest BCUT2D eigenvalue weighted by Crippen LogP contribution is 2.47. The van der Waals surface area contributed by atoms with Crippen molar-refractivity contribution in [2.24, 2.45) is 11.0 Å². The lowest BCUT2D eigenvalue weighted by Gasteiger charge is -2.19. The fraction of sp³-hybridized carbons (Fsp3) is 0.355. The van der Waals surface area contributed by atoms with Crippen LogP contribution in [0, 0.1) is 24.2 Å². The Kier molecular flexibility index (Phi) is 8.89. The fourth-order valence-electron chi connectivity index (χ4n) is 4.49. The number of rotatable bonds is 9. The lowest BCUT2D eigenvalue weighted by molar-refractivity contribution is -0.122. The van der Waals surface area contributed by atoms with Crippen LogP contribution in [-0.2, 0) is 16.0 Å². The molecule has 1 aromatic heterocycles. The lowest BCUT2D eigenvalue weighted by atomic mass is 9.86. The standard InChI is InChI=1S/C31H32F2N4O2S/c1-18-12-26(28(32)33)36-30(25(18)15-34)40-17-21-13-19(6-11-27(21)39-5)16-35-37-29(38)24-14-23(24)20-7-9-22(10-8-20)31(2,3)4/h6-13,16,23-24,28H,14,17H2,1-5H3,(H,37,38)/t23-,24+/m1/s1. The Morgan fingerprint density at radius 3 is 2.60 bits per heavy atom. The molecule has 2 atom stereocenters. The van der Waals surface area contributed by atoms with Crippen LogP contribution in [0.3, 0.4) is 0 Å². The number of aryl methyl sites for hydroxylation is 1. The Morgan fingerprint density at radius 1 is 1.25 bits per heavy atom. The van der Waals surface area contributed by atoms with Crippen molar-refractivity contribution in [2.45, 2.75) is 62.7 Å². The molecular formula is C31H32F2N4O2S. The number of thioether (sulfide) groups is 1. The molecule has 6 nitrogen and oxygen atoms in total. The number of nitrogens with zero attached hydrogens (tertiary/aromatic N) is 3. The monoisotopic (exact) mass is 562 g/mol. The number of ether oxygens (including phenoxy) is 1. The molecule has 0 bridgehead atoms. The quantitative estimate of drug-likeness (QED) is 0.172. The zero-order chi connectivity index (χ0) is 29.0. The third-order valence-corrected chi connectivity index (χ3v) is 7.95. The van der Waals surface area contributed by atoms with Gasteiger partial charge in [0.05, 0.1) is 18.9 Å². The van der Waals surface area contributed by atoms with Gasteiger partial charge in [-0.2, -0.15) is 10.4 Å². The second-order valence-electron chi connectivity index (χ2n) is 10.9. The van der Waals surface area contributed by atoms with Gasteiger partial charge in [0.2, 0.25) is 5.91 Å². The molecule has 1 aliphatic rings. The van der Waals surface area contributed by atoms with E-state index in [0.717, 1.165) is 23.1 Å². The normalized spacial score (nSPS) is 16.7. The van der Waals surface area contributed by atoms with Crippen LogP contribution in [-0.4, -0.2) is 24.2 Å². The van der Waals surface area contributed by atoms with Crippen molar-refractivity contribution in [1.29, 1.82) is 5.26 Å². The molecule has 40 heavy (non-hydrogen) atoms. The molecule has 1 N–H and O–H groups in total. The Hall–Kier alpha value is -3.77. The highest BCUT2D eigenvalue weighted by molar-refractivity contribution is 7.98. The molecule has 1 fully saturated rings. The van der Waals surface area contributed by atoms with Crippen LogP contribution in [0.15, 0.2) is 58.7 Å². The lowest BCUT2D eigenvalue weighted by Crippen LogP contribution is -2.20. The maximum atomic E-state index is 13.3. The summed E-state index contributed by atoms with van der Waals surface area (Å²) in [5, 5.41) is 13.9. The van der Waals surface area contributed by atoms with Crippen LogP contribution in [0.25, 0.3) is 0 Å². The molecule has 1 heterocycles. The summed E-state index contributed by atoms with van der Waals surface area (Å²) in [5.74, 6) is 0.924. The van der Waals surface area contributed by atoms with Gasteiger partial charge in [-0.1, -0.05) is 45.0 Å². The van der Waals surface area contributed by atoms with Gasteiger partial charge in [0.15, 0.2) is 0 Å². The number of carbonyl (C=O) groups is 1. The molecular weight excluding hydrogens is 530 g/mol. The van der Waals surface area contributed by atoms with Gasteiger partial charge in [0.1, 0.15) is 22.5 Å². The summed E-state index contributed by atoms with van der Waals surface area (Å²) in [5.41, 5.74) is 7.04. The van der Waals surface area contributed by atoms with Gasteiger partial charge in [0.25, 0.3) is 6.43 Å². The predicted octanol–water partition coefficient (Wildman–Crippen LogP) is 7.05. The minimum absolute atomic E-state index is 0.0858. The Morgan fingerprint density at radius 2 is 1.98 bits per heavy atom. The number of hydrogen-bond donors (Lipinski definition) is 1. The van der Waals surface area contributed by atoms with Gasteiger partial charge < -0.3 is 4.74 Å². The number of alkyl halides is 2. The van der Waals surface area contributed by atoms with Crippen molar-refractivity contribution in [1.82, 2.24) is 10.4 Å². The average molecular weight is 563 g/mol. The van der Waals surface area contributed by atoms with Crippen LogP contribution >= 0.6 is 11.8 Å². The van der Waals surface area contributed by atoms with Crippen molar-refractivity contribution in [2.75, 3.05) is 7.11 Å². The zero-order valence-corrected chi connectivity index (χ0v) is 24.0. The third kappa shape index (κ3) is 6.86. The molecule has 4 rings (SSSR count). The molecule has 0 unspecified atom stereocenters. The highest BCUT2D eigenvalue weighted by atomic mass is 32.2. The molecule has 0 aliphatic heterocycles. The molecule has 0 spiro atoms. The van der Waals surface area contributed by atoms with Gasteiger partial charge in [0, 0.05) is 17.2 Å². The van der Waals surface area contributed by atoms with Crippen molar-refractivity contribution >= 4 is 23.9 Å². The van der Waals surface area contributed by atoms with Crippen molar-refractivity contribution in [3.8, 4) is 11.8 Å². The third-order valence-electron chi connectivity index (χ3n) is 6.93. The summed E-state index contributed by atoms with van der Waals surface area (Å²) < 4.78 is 32.0. The predicted molar refractivity (Wildman–Crippen MR) is 153 cm³/mol. The molecule has 2 aromatic carbocycles. The second kappa shape index (κ2) is 12.2. The largest absolute Gasteiger partial charge is 0.496 e. The van der Waals surface area contributed by atoms with Crippen LogP contribution in [0.2, 0.25) is 0 Å². The van der Waals surface area contributed by atoms with E-state index >= 15 is 0 Å². The average Bonchev–Trinajstić information content (AvgIpc) is 3.72. The summed E-state index contributed by atoms with van der Waals surface area (Å²) in [7, 11) is 1.54. The molecule has 208 valence electrons. The van der Waals surface area contributed by atoms with Gasteiger partial charge in [-0.3, -0.25) is 4.79 Å². The van der Waals surface area contributed by atoms with Gasteiger partial charge >= 0.3 is 0 Å². The minimum atomic E-state index is -2.73. The van der Waals surface area contributed by atoms with Crippen LogP contribution in [0.4, 0.5) is 8.78 Å². The van der Waals surface area contributed by atoms with E-state index in [4.69, 9.17) is 4.74 Å². The first-order valence-corrected chi connectivity index (χ1v) is 13.9. The fourth-order valence-corrected chi connectivity index (χ4v) is 5.53.